The van der Waals surface area contributed by atoms with E-state index < -0.39 is 255 Å². The molecule has 0 aromatic heterocycles. The van der Waals surface area contributed by atoms with Crippen LogP contribution in [0.2, 0.25) is 0 Å². The summed E-state index contributed by atoms with van der Waals surface area (Å²) in [6.45, 7) is 30.3. The normalized spacial score (nSPS) is 37.6. The third-order valence-electron chi connectivity index (χ3n) is 29.0. The lowest BCUT2D eigenvalue weighted by atomic mass is 9.67. The summed E-state index contributed by atoms with van der Waals surface area (Å²) in [5.74, 6) is -7.96. The Labute approximate surface area is 788 Å². The lowest BCUT2D eigenvalue weighted by Crippen LogP contribution is -2.52. The van der Waals surface area contributed by atoms with E-state index in [9.17, 15) is 108 Å². The van der Waals surface area contributed by atoms with Crippen LogP contribution < -0.4 is 0 Å². The van der Waals surface area contributed by atoms with Crippen molar-refractivity contribution >= 4 is 132 Å². The van der Waals surface area contributed by atoms with Crippen LogP contribution in [0, 0.1) is 71.0 Å². The predicted octanol–water partition coefficient (Wildman–Crippen LogP) is 4.82. The van der Waals surface area contributed by atoms with Gasteiger partial charge in [0.15, 0.2) is 18.3 Å². The molecule has 0 spiro atoms. The fourth-order valence-electron chi connectivity index (χ4n) is 22.5. The summed E-state index contributed by atoms with van der Waals surface area (Å²) in [4.78, 5) is 139. The SMILES string of the molecule is C=C(C)C(=O)OC(C)C(=O)OC1C2CCC3C1OS(=O)(=O)C3C2.C=C(C)C(=O)OC(C)C(=O)OC1C2CCC3C1OS(=O)(=O)C3C2.C=C(C)C(=O)OCCC(=O)OC1C2CCC3C1OS(=O)(=O)C3C2.C=C(C)C(=O)OCCC(=O)OC1C2CCC3C1OS(=O)(=O)C3C2.C=CC(=O)OC(C)C(=O)OC1C2CCC3C1OS(=O)(=O)C3C2.C=CC(=O)OCCC(=O)OC1C2CCC3C1OS(=O)(=O)C3C2. The third kappa shape index (κ3) is 22.6. The van der Waals surface area contributed by atoms with Gasteiger partial charge in [0.25, 0.3) is 60.7 Å². The highest BCUT2D eigenvalue weighted by atomic mass is 32.2. The van der Waals surface area contributed by atoms with Gasteiger partial charge in [-0.15, -0.1) is 0 Å². The Balaban J connectivity index is 0.000000138. The minimum atomic E-state index is -3.56. The molecular weight excluding hydrogens is 1920 g/mol. The highest BCUT2D eigenvalue weighted by molar-refractivity contribution is 7.89. The van der Waals surface area contributed by atoms with Crippen molar-refractivity contribution in [3.63, 3.8) is 0 Å². The molecular formula is C88H116O42S6. The van der Waals surface area contributed by atoms with E-state index in [1.807, 2.05) is 0 Å². The van der Waals surface area contributed by atoms with Crippen LogP contribution in [0.25, 0.3) is 0 Å². The zero-order valence-electron chi connectivity index (χ0n) is 76.0. The quantitative estimate of drug-likeness (QED) is 0.0460. The molecule has 136 heavy (non-hydrogen) atoms. The summed E-state index contributed by atoms with van der Waals surface area (Å²) in [7, 11) is -21.3. The molecule has 6 heterocycles. The molecule has 33 unspecified atom stereocenters. The van der Waals surface area contributed by atoms with Crippen molar-refractivity contribution in [3.8, 4) is 0 Å². The zero-order valence-corrected chi connectivity index (χ0v) is 80.9. The molecule has 18 saturated carbocycles. The molecule has 33 atom stereocenters. The van der Waals surface area contributed by atoms with Crippen molar-refractivity contribution in [1.82, 2.24) is 0 Å². The monoisotopic (exact) mass is 2040 g/mol. The first-order valence-corrected chi connectivity index (χ1v) is 54.3. The van der Waals surface area contributed by atoms with Crippen molar-refractivity contribution in [2.24, 2.45) is 71.0 Å². The molecule has 48 heteroatoms. The summed E-state index contributed by atoms with van der Waals surface area (Å²) < 4.78 is 236. The number of rotatable bonds is 27. The van der Waals surface area contributed by atoms with Crippen molar-refractivity contribution in [3.05, 3.63) is 73.9 Å². The summed E-state index contributed by atoms with van der Waals surface area (Å²) in [6.07, 6.45) is 4.25. The van der Waals surface area contributed by atoms with Crippen LogP contribution in [0.1, 0.15) is 183 Å². The fourth-order valence-corrected chi connectivity index (χ4v) is 33.9. The van der Waals surface area contributed by atoms with Gasteiger partial charge >= 0.3 is 71.6 Å². The van der Waals surface area contributed by atoms with Gasteiger partial charge in [-0.3, -0.25) is 39.5 Å². The smallest absolute Gasteiger partial charge is 0.347 e. The lowest BCUT2D eigenvalue weighted by molar-refractivity contribution is -0.181. The average molecular weight is 2040 g/mol. The van der Waals surface area contributed by atoms with Crippen molar-refractivity contribution in [1.29, 1.82) is 0 Å². The lowest BCUT2D eigenvalue weighted by Gasteiger charge is -2.43. The number of ether oxygens (including phenoxy) is 12. The highest BCUT2D eigenvalue weighted by Crippen LogP contribution is 2.59. The maximum Gasteiger partial charge on any atom is 0.347 e. The minimum absolute atomic E-state index is 0.0224. The largest absolute Gasteiger partial charge is 0.462 e. The van der Waals surface area contributed by atoms with Crippen LogP contribution in [-0.2, 0) is 200 Å². The van der Waals surface area contributed by atoms with Gasteiger partial charge < -0.3 is 56.8 Å². The van der Waals surface area contributed by atoms with E-state index in [0.717, 1.165) is 89.2 Å². The third-order valence-corrected chi connectivity index (χ3v) is 39.7. The highest BCUT2D eigenvalue weighted by Gasteiger charge is 2.68. The summed E-state index contributed by atoms with van der Waals surface area (Å²) in [6, 6.07) is 0. The standard InChI is InChI=1S/4C15H20O7S.2C14H18O7S/c2*1-7(2)14(16)20-8(3)15(17)21-12-9-4-5-10-11(6-9)23(18,19)22-13(10)12;2*1-8(2)15(17)20-6-5-12(16)21-13-9-3-4-10-11(7-9)23(18,19)22-14(10)13;1-3-11(15)19-7(2)14(16)20-12-8-4-5-9-10(6-8)22(17,18)21-13(9)12;1-2-11(15)19-6-5-12(16)20-13-8-3-4-9-10(7-8)22(17,18)21-14(9)13/h2*8-13H,1,4-6H2,2-3H3;2*9-11,13-14H,1,3-7H2,2H3;3,7-10,12-13H,1,4-6H2,2H3;2,8-10,13-14H,1,3-7H2. The number of hydrogen-bond acceptors (Lipinski definition) is 42. The molecule has 6 aliphatic heterocycles. The molecule has 24 rings (SSSR count). The van der Waals surface area contributed by atoms with Crippen LogP contribution in [-0.4, -0.2) is 265 Å². The second kappa shape index (κ2) is 41.8. The average Bonchev–Trinajstić information content (AvgIpc) is 1.60. The Hall–Kier alpha value is -8.46. The zero-order chi connectivity index (χ0) is 99.4. The number of carbonyl (C=O) groups is 12. The van der Waals surface area contributed by atoms with E-state index in [1.165, 1.54) is 48.5 Å². The van der Waals surface area contributed by atoms with Crippen molar-refractivity contribution in [2.75, 3.05) is 19.8 Å². The molecule has 0 radical (unpaired) electrons. The van der Waals surface area contributed by atoms with Crippen LogP contribution >= 0.6 is 0 Å². The second-order valence-corrected chi connectivity index (χ2v) is 48.6. The first-order valence-electron chi connectivity index (χ1n) is 45.5. The van der Waals surface area contributed by atoms with Crippen LogP contribution in [0.3, 0.4) is 0 Å². The van der Waals surface area contributed by atoms with E-state index in [-0.39, 0.29) is 132 Å². The van der Waals surface area contributed by atoms with E-state index >= 15 is 0 Å². The summed E-state index contributed by atoms with van der Waals surface area (Å²) in [5, 5.41) is -2.75. The Bertz CT molecular complexity index is 5280. The van der Waals surface area contributed by atoms with Gasteiger partial charge in [-0.1, -0.05) is 39.5 Å². The number of carbonyl (C=O) groups excluding carboxylic acids is 12. The molecule has 0 aromatic carbocycles. The molecule has 24 fully saturated rings. The molecule has 0 N–H and O–H groups in total. The Kier molecular flexibility index (Phi) is 32.2. The van der Waals surface area contributed by atoms with Gasteiger partial charge in [-0.05, 0) is 200 Å². The Morgan fingerprint density at radius 3 is 0.691 bits per heavy atom. The van der Waals surface area contributed by atoms with Gasteiger partial charge in [0.05, 0.1) is 50.8 Å². The van der Waals surface area contributed by atoms with E-state index in [0.29, 0.717) is 38.5 Å². The second-order valence-electron chi connectivity index (χ2n) is 37.9. The molecule has 756 valence electrons. The molecule has 24 aliphatic rings. The van der Waals surface area contributed by atoms with Gasteiger partial charge in [0.1, 0.15) is 93.1 Å². The van der Waals surface area contributed by atoms with Gasteiger partial charge in [0, 0.05) is 70.0 Å². The van der Waals surface area contributed by atoms with Gasteiger partial charge in [-0.25, -0.2) is 43.2 Å². The van der Waals surface area contributed by atoms with Gasteiger partial charge in [-0.2, -0.15) is 50.5 Å². The predicted molar refractivity (Wildman–Crippen MR) is 463 cm³/mol. The van der Waals surface area contributed by atoms with Crippen LogP contribution in [0.4, 0.5) is 0 Å². The van der Waals surface area contributed by atoms with E-state index in [4.69, 9.17) is 81.9 Å². The molecule has 24 bridgehead atoms. The number of hydrogen-bond donors (Lipinski definition) is 0. The maximum atomic E-state index is 12.1. The van der Waals surface area contributed by atoms with Crippen molar-refractivity contribution in [2.45, 2.75) is 306 Å². The van der Waals surface area contributed by atoms with Gasteiger partial charge in [0.2, 0.25) is 0 Å². The summed E-state index contributed by atoms with van der Waals surface area (Å²) >= 11 is 0. The van der Waals surface area contributed by atoms with E-state index in [1.54, 1.807) is 0 Å². The first-order chi connectivity index (χ1) is 63.7. The number of fused-ring (bicyclic) bond motifs is 6. The first kappa shape index (κ1) is 105. The Morgan fingerprint density at radius 1 is 0.287 bits per heavy atom. The summed E-state index contributed by atoms with van der Waals surface area (Å²) in [5.41, 5.74) is 0.904. The van der Waals surface area contributed by atoms with Crippen molar-refractivity contribution < 1.29 is 190 Å². The topological polar surface area (TPSA) is 576 Å². The molecule has 42 nitrogen and oxygen atoms in total. The fraction of sp³-hybridized carbons (Fsp3) is 0.727. The Morgan fingerprint density at radius 2 is 0.485 bits per heavy atom. The molecule has 6 saturated heterocycles. The van der Waals surface area contributed by atoms with E-state index in [2.05, 4.69) is 39.5 Å². The van der Waals surface area contributed by atoms with Crippen LogP contribution in [0.5, 0.6) is 0 Å². The minimum Gasteiger partial charge on any atom is -0.462 e. The molecule has 18 aliphatic carbocycles. The molecule has 0 amide bonds. The van der Waals surface area contributed by atoms with Crippen LogP contribution in [0.15, 0.2) is 73.9 Å². The molecule has 0 aromatic rings. The number of esters is 12. The maximum absolute atomic E-state index is 12.1.